The number of hydrogen-bond acceptors (Lipinski definition) is 2. The minimum atomic E-state index is -0.0672. The molecule has 0 amide bonds. The van der Waals surface area contributed by atoms with Gasteiger partial charge in [-0.3, -0.25) is 0 Å². The molecule has 0 aliphatic rings. The molecule has 4 nitrogen and oxygen atoms in total. The van der Waals surface area contributed by atoms with Crippen LogP contribution < -0.4 is 5.73 Å². The van der Waals surface area contributed by atoms with Crippen molar-refractivity contribution in [1.82, 2.24) is 0 Å². The maximum Gasteiger partial charge on any atom is 0.230 e. The van der Waals surface area contributed by atoms with Crippen LogP contribution in [0.5, 0.6) is 0 Å². The van der Waals surface area contributed by atoms with Gasteiger partial charge in [-0.25, -0.2) is 4.99 Å². The SMILES string of the molecule is N#CN=C(N)/N=C/c1ccc(Cl)cc1. The molecule has 0 aliphatic heterocycles. The number of nitrogens with two attached hydrogens (primary N) is 1. The normalized spacial score (nSPS) is 11.6. The molecular formula is C9H7ClN4. The Morgan fingerprint density at radius 3 is 2.64 bits per heavy atom. The number of halogens is 1. The second-order valence-corrected chi connectivity index (χ2v) is 2.82. The summed E-state index contributed by atoms with van der Waals surface area (Å²) in [5.74, 6) is -0.0672. The Morgan fingerprint density at radius 1 is 1.43 bits per heavy atom. The van der Waals surface area contributed by atoms with E-state index in [9.17, 15) is 0 Å². The Labute approximate surface area is 86.4 Å². The van der Waals surface area contributed by atoms with Gasteiger partial charge in [0.15, 0.2) is 0 Å². The molecule has 0 unspecified atom stereocenters. The van der Waals surface area contributed by atoms with E-state index in [2.05, 4.69) is 9.98 Å². The average Bonchev–Trinajstić information content (AvgIpc) is 2.17. The maximum atomic E-state index is 8.16. The van der Waals surface area contributed by atoms with E-state index in [-0.39, 0.29) is 5.96 Å². The Balaban J connectivity index is 2.75. The Hall–Kier alpha value is -1.86. The second kappa shape index (κ2) is 5.00. The van der Waals surface area contributed by atoms with Gasteiger partial charge in [0.25, 0.3) is 0 Å². The third kappa shape index (κ3) is 3.25. The molecule has 2 N–H and O–H groups in total. The first-order valence-corrected chi connectivity index (χ1v) is 4.12. The van der Waals surface area contributed by atoms with E-state index >= 15 is 0 Å². The summed E-state index contributed by atoms with van der Waals surface area (Å²) in [7, 11) is 0. The van der Waals surface area contributed by atoms with Gasteiger partial charge in [-0.05, 0) is 17.7 Å². The molecule has 0 radical (unpaired) electrons. The molecule has 0 aromatic heterocycles. The van der Waals surface area contributed by atoms with Gasteiger partial charge in [0.1, 0.15) is 0 Å². The number of benzene rings is 1. The fourth-order valence-corrected chi connectivity index (χ4v) is 0.896. The molecule has 0 bridgehead atoms. The van der Waals surface area contributed by atoms with Crippen LogP contribution in [0.1, 0.15) is 5.56 Å². The molecular weight excluding hydrogens is 200 g/mol. The second-order valence-electron chi connectivity index (χ2n) is 2.38. The van der Waals surface area contributed by atoms with Gasteiger partial charge >= 0.3 is 0 Å². The highest BCUT2D eigenvalue weighted by Gasteiger charge is 1.89. The summed E-state index contributed by atoms with van der Waals surface area (Å²) in [4.78, 5) is 6.98. The smallest absolute Gasteiger partial charge is 0.230 e. The van der Waals surface area contributed by atoms with Crippen molar-refractivity contribution in [2.75, 3.05) is 0 Å². The fourth-order valence-electron chi connectivity index (χ4n) is 0.770. The molecule has 1 rings (SSSR count). The average molecular weight is 207 g/mol. The van der Waals surface area contributed by atoms with Crippen molar-refractivity contribution in [2.45, 2.75) is 0 Å². The molecule has 0 saturated carbocycles. The van der Waals surface area contributed by atoms with E-state index in [0.29, 0.717) is 5.02 Å². The molecule has 1 aromatic rings. The van der Waals surface area contributed by atoms with Crippen molar-refractivity contribution in [3.05, 3.63) is 34.9 Å². The highest BCUT2D eigenvalue weighted by atomic mass is 35.5. The summed E-state index contributed by atoms with van der Waals surface area (Å²) < 4.78 is 0. The minimum absolute atomic E-state index is 0.0672. The van der Waals surface area contributed by atoms with Crippen LogP contribution in [-0.4, -0.2) is 12.2 Å². The summed E-state index contributed by atoms with van der Waals surface area (Å²) in [6.45, 7) is 0. The van der Waals surface area contributed by atoms with Crippen LogP contribution in [0, 0.1) is 11.5 Å². The van der Waals surface area contributed by atoms with E-state index < -0.39 is 0 Å². The van der Waals surface area contributed by atoms with Gasteiger partial charge in [0.05, 0.1) is 0 Å². The maximum absolute atomic E-state index is 8.16. The van der Waals surface area contributed by atoms with Crippen molar-refractivity contribution in [1.29, 1.82) is 5.26 Å². The Kier molecular flexibility index (Phi) is 3.65. The van der Waals surface area contributed by atoms with E-state index in [0.717, 1.165) is 5.56 Å². The van der Waals surface area contributed by atoms with Gasteiger partial charge in [0, 0.05) is 11.2 Å². The van der Waals surface area contributed by atoms with E-state index in [1.165, 1.54) is 6.21 Å². The fraction of sp³-hybridized carbons (Fsp3) is 0. The van der Waals surface area contributed by atoms with Crippen LogP contribution in [0.2, 0.25) is 5.02 Å². The predicted octanol–water partition coefficient (Wildman–Crippen LogP) is 1.55. The number of hydrogen-bond donors (Lipinski definition) is 1. The quantitative estimate of drug-likeness (QED) is 0.430. The third-order valence-electron chi connectivity index (χ3n) is 1.38. The zero-order valence-electron chi connectivity index (χ0n) is 7.18. The molecule has 0 fully saturated rings. The van der Waals surface area contributed by atoms with Gasteiger partial charge < -0.3 is 5.73 Å². The number of nitrogens with zero attached hydrogens (tertiary/aromatic N) is 3. The first kappa shape index (κ1) is 10.2. The van der Waals surface area contributed by atoms with Gasteiger partial charge in [-0.15, -0.1) is 4.99 Å². The molecule has 0 aliphatic carbocycles. The first-order chi connectivity index (χ1) is 6.72. The molecule has 5 heteroatoms. The van der Waals surface area contributed by atoms with Gasteiger partial charge in [0.2, 0.25) is 12.2 Å². The van der Waals surface area contributed by atoms with Crippen LogP contribution in [0.3, 0.4) is 0 Å². The van der Waals surface area contributed by atoms with Crippen molar-refractivity contribution >= 4 is 23.8 Å². The van der Waals surface area contributed by atoms with E-state index in [4.69, 9.17) is 22.6 Å². The number of guanidine groups is 1. The molecule has 1 aromatic carbocycles. The van der Waals surface area contributed by atoms with Crippen LogP contribution in [0.4, 0.5) is 0 Å². The lowest BCUT2D eigenvalue weighted by atomic mass is 10.2. The van der Waals surface area contributed by atoms with Crippen LogP contribution >= 0.6 is 11.6 Å². The van der Waals surface area contributed by atoms with Crippen molar-refractivity contribution in [3.8, 4) is 6.19 Å². The zero-order chi connectivity index (χ0) is 10.4. The van der Waals surface area contributed by atoms with Gasteiger partial charge in [-0.2, -0.15) is 5.26 Å². The van der Waals surface area contributed by atoms with Gasteiger partial charge in [-0.1, -0.05) is 23.7 Å². The van der Waals surface area contributed by atoms with Crippen LogP contribution in [0.15, 0.2) is 34.3 Å². The van der Waals surface area contributed by atoms with Crippen molar-refractivity contribution in [2.24, 2.45) is 15.7 Å². The topological polar surface area (TPSA) is 74.5 Å². The summed E-state index contributed by atoms with van der Waals surface area (Å²) >= 11 is 5.69. The van der Waals surface area contributed by atoms with E-state index in [1.54, 1.807) is 30.5 Å². The standard InChI is InChI=1S/C9H7ClN4/c10-8-3-1-7(2-4-8)5-13-9(12)14-6-11/h1-5H,(H2,12,14)/b13-5+. The van der Waals surface area contributed by atoms with Crippen molar-refractivity contribution < 1.29 is 0 Å². The van der Waals surface area contributed by atoms with Crippen LogP contribution in [0.25, 0.3) is 0 Å². The lowest BCUT2D eigenvalue weighted by Gasteiger charge is -1.92. The Bertz CT molecular complexity index is 400. The lowest BCUT2D eigenvalue weighted by molar-refractivity contribution is 1.39. The summed E-state index contributed by atoms with van der Waals surface area (Å²) in [6.07, 6.45) is 3.05. The lowest BCUT2D eigenvalue weighted by Crippen LogP contribution is -2.07. The zero-order valence-corrected chi connectivity index (χ0v) is 7.94. The van der Waals surface area contributed by atoms with Crippen LogP contribution in [-0.2, 0) is 0 Å². The predicted molar refractivity (Wildman–Crippen MR) is 56.3 cm³/mol. The van der Waals surface area contributed by atoms with Crippen molar-refractivity contribution in [3.63, 3.8) is 0 Å². The largest absolute Gasteiger partial charge is 0.367 e. The highest BCUT2D eigenvalue weighted by molar-refractivity contribution is 6.30. The molecule has 0 atom stereocenters. The summed E-state index contributed by atoms with van der Waals surface area (Å²) in [5, 5.41) is 8.81. The third-order valence-corrected chi connectivity index (χ3v) is 1.63. The Morgan fingerprint density at radius 2 is 2.07 bits per heavy atom. The molecule has 0 spiro atoms. The summed E-state index contributed by atoms with van der Waals surface area (Å²) in [6, 6.07) is 7.04. The highest BCUT2D eigenvalue weighted by Crippen LogP contribution is 2.07. The van der Waals surface area contributed by atoms with E-state index in [1.807, 2.05) is 0 Å². The monoisotopic (exact) mass is 206 g/mol. The molecule has 0 saturated heterocycles. The number of nitriles is 1. The number of rotatable bonds is 1. The molecule has 0 heterocycles. The first-order valence-electron chi connectivity index (χ1n) is 3.74. The summed E-state index contributed by atoms with van der Waals surface area (Å²) in [5.41, 5.74) is 6.10. The minimum Gasteiger partial charge on any atom is -0.367 e. The molecule has 70 valence electrons. The number of aliphatic imine (C=N–C) groups is 2. The molecule has 14 heavy (non-hydrogen) atoms.